The van der Waals surface area contributed by atoms with Gasteiger partial charge < -0.3 is 4.74 Å². The maximum absolute atomic E-state index is 12.8. The third-order valence-electron chi connectivity index (χ3n) is 4.42. The fourth-order valence-corrected chi connectivity index (χ4v) is 2.93. The van der Waals surface area contributed by atoms with Gasteiger partial charge in [-0.1, -0.05) is 36.9 Å². The van der Waals surface area contributed by atoms with Gasteiger partial charge in [0.15, 0.2) is 5.82 Å². The minimum absolute atomic E-state index is 0.497. The summed E-state index contributed by atoms with van der Waals surface area (Å²) in [5.74, 6) is 1.50. The highest BCUT2D eigenvalue weighted by molar-refractivity contribution is 5.88. The lowest BCUT2D eigenvalue weighted by Gasteiger charge is -2.07. The Bertz CT molecular complexity index is 948. The summed E-state index contributed by atoms with van der Waals surface area (Å²) in [5, 5.41) is 2.25. The van der Waals surface area contributed by atoms with Gasteiger partial charge in [0.1, 0.15) is 12.4 Å². The highest BCUT2D eigenvalue weighted by atomic mass is 19.1. The molecule has 28 heavy (non-hydrogen) atoms. The molecule has 144 valence electrons. The number of ether oxygens (including phenoxy) is 1. The summed E-state index contributed by atoms with van der Waals surface area (Å²) in [5.41, 5.74) is 2.04. The van der Waals surface area contributed by atoms with Gasteiger partial charge in [0.2, 0.25) is 0 Å². The number of hydrogen-bond acceptors (Lipinski definition) is 3. The Morgan fingerprint density at radius 3 is 2.57 bits per heavy atom. The Hall–Kier alpha value is -3.01. The summed E-state index contributed by atoms with van der Waals surface area (Å²) in [6.07, 6.45) is 10.8. The van der Waals surface area contributed by atoms with Gasteiger partial charge in [-0.3, -0.25) is 0 Å². The second-order valence-corrected chi connectivity index (χ2v) is 6.77. The summed E-state index contributed by atoms with van der Waals surface area (Å²) in [6.45, 7) is 5.75. The fraction of sp³-hybridized carbons (Fsp3) is 0.250. The smallest absolute Gasteiger partial charge is 0.151 e. The van der Waals surface area contributed by atoms with E-state index in [-0.39, 0.29) is 0 Å². The van der Waals surface area contributed by atoms with Gasteiger partial charge >= 0.3 is 0 Å². The number of alkyl halides is 1. The number of hydrogen-bond donors (Lipinski definition) is 0. The summed E-state index contributed by atoms with van der Waals surface area (Å²) in [4.78, 5) is 8.83. The third-order valence-corrected chi connectivity index (χ3v) is 4.42. The number of rotatable bonds is 9. The third kappa shape index (κ3) is 5.49. The molecule has 4 heteroatoms. The quantitative estimate of drug-likeness (QED) is 0.320. The van der Waals surface area contributed by atoms with Gasteiger partial charge in [0.05, 0.1) is 6.17 Å². The van der Waals surface area contributed by atoms with Crippen molar-refractivity contribution in [1.29, 1.82) is 0 Å². The van der Waals surface area contributed by atoms with Crippen LogP contribution in [0.3, 0.4) is 0 Å². The maximum atomic E-state index is 12.8. The van der Waals surface area contributed by atoms with Crippen LogP contribution in [0.2, 0.25) is 0 Å². The molecule has 1 unspecified atom stereocenters. The van der Waals surface area contributed by atoms with E-state index in [0.717, 1.165) is 40.5 Å². The lowest BCUT2D eigenvalue weighted by Crippen LogP contribution is -1.92. The van der Waals surface area contributed by atoms with E-state index in [1.165, 1.54) is 0 Å². The molecule has 0 saturated heterocycles. The first-order valence-corrected chi connectivity index (χ1v) is 9.56. The standard InChI is InChI=1S/C24H25FN2O/c1-3-13-28-23-12-11-19-14-20(9-10-21(19)15-23)22-16-26-24(27-17-22)8-6-4-5-7-18(2)25/h3,6,8-12,14-18H,1,4-5,7,13H2,2H3/b8-6+. The zero-order chi connectivity index (χ0) is 19.8. The number of fused-ring (bicyclic) bond motifs is 1. The zero-order valence-corrected chi connectivity index (χ0v) is 16.1. The lowest BCUT2D eigenvalue weighted by atomic mass is 10.0. The molecule has 0 aliphatic carbocycles. The van der Waals surface area contributed by atoms with Crippen LogP contribution in [0.5, 0.6) is 5.75 Å². The van der Waals surface area contributed by atoms with Crippen molar-refractivity contribution in [3.8, 4) is 16.9 Å². The normalized spacial score (nSPS) is 12.4. The lowest BCUT2D eigenvalue weighted by molar-refractivity contribution is 0.335. The molecule has 0 spiro atoms. The molecule has 3 nitrogen and oxygen atoms in total. The molecule has 0 amide bonds. The van der Waals surface area contributed by atoms with Crippen molar-refractivity contribution in [2.24, 2.45) is 0 Å². The van der Waals surface area contributed by atoms with Crippen molar-refractivity contribution in [2.45, 2.75) is 32.4 Å². The van der Waals surface area contributed by atoms with Crippen molar-refractivity contribution >= 4 is 16.8 Å². The summed E-state index contributed by atoms with van der Waals surface area (Å²) in [7, 11) is 0. The van der Waals surface area contributed by atoms with Crippen LogP contribution in [-0.4, -0.2) is 22.7 Å². The zero-order valence-electron chi connectivity index (χ0n) is 16.1. The number of halogens is 1. The molecule has 1 aromatic heterocycles. The number of allylic oxidation sites excluding steroid dienone is 1. The molecular weight excluding hydrogens is 351 g/mol. The molecule has 0 saturated carbocycles. The van der Waals surface area contributed by atoms with Gasteiger partial charge in [-0.05, 0) is 66.8 Å². The van der Waals surface area contributed by atoms with Crippen LogP contribution in [0.15, 0.2) is 67.5 Å². The molecule has 0 aliphatic rings. The van der Waals surface area contributed by atoms with Crippen LogP contribution >= 0.6 is 0 Å². The summed E-state index contributed by atoms with van der Waals surface area (Å²) < 4.78 is 18.4. The second kappa shape index (κ2) is 9.79. The number of unbranched alkanes of at least 4 members (excludes halogenated alkanes) is 1. The first-order valence-electron chi connectivity index (χ1n) is 9.56. The maximum Gasteiger partial charge on any atom is 0.151 e. The molecule has 3 aromatic rings. The number of benzene rings is 2. The minimum Gasteiger partial charge on any atom is -0.490 e. The van der Waals surface area contributed by atoms with Crippen LogP contribution in [0.1, 0.15) is 32.0 Å². The Labute approximate surface area is 165 Å². The first-order chi connectivity index (χ1) is 13.7. The van der Waals surface area contributed by atoms with Crippen molar-refractivity contribution in [3.05, 3.63) is 73.3 Å². The summed E-state index contributed by atoms with van der Waals surface area (Å²) >= 11 is 0. The molecule has 1 heterocycles. The van der Waals surface area contributed by atoms with E-state index in [1.54, 1.807) is 13.0 Å². The Kier molecular flexibility index (Phi) is 6.90. The molecule has 0 aliphatic heterocycles. The van der Waals surface area contributed by atoms with E-state index >= 15 is 0 Å². The number of nitrogens with zero attached hydrogens (tertiary/aromatic N) is 2. The van der Waals surface area contributed by atoms with E-state index in [2.05, 4.69) is 34.7 Å². The van der Waals surface area contributed by atoms with Crippen molar-refractivity contribution < 1.29 is 9.13 Å². The molecular formula is C24H25FN2O. The van der Waals surface area contributed by atoms with Crippen LogP contribution in [0, 0.1) is 0 Å². The predicted molar refractivity (Wildman–Crippen MR) is 114 cm³/mol. The number of aromatic nitrogens is 2. The van der Waals surface area contributed by atoms with Crippen molar-refractivity contribution in [3.63, 3.8) is 0 Å². The van der Waals surface area contributed by atoms with Gasteiger partial charge in [-0.2, -0.15) is 0 Å². The first kappa shape index (κ1) is 19.7. The molecule has 0 N–H and O–H groups in total. The predicted octanol–water partition coefficient (Wildman–Crippen LogP) is 6.40. The monoisotopic (exact) mass is 376 g/mol. The minimum atomic E-state index is -0.739. The van der Waals surface area contributed by atoms with Gasteiger partial charge in [0.25, 0.3) is 0 Å². The Morgan fingerprint density at radius 2 is 1.82 bits per heavy atom. The van der Waals surface area contributed by atoms with Crippen molar-refractivity contribution in [2.75, 3.05) is 6.61 Å². The van der Waals surface area contributed by atoms with Crippen molar-refractivity contribution in [1.82, 2.24) is 9.97 Å². The Balaban J connectivity index is 1.68. The molecule has 0 bridgehead atoms. The van der Waals surface area contributed by atoms with E-state index in [1.807, 2.05) is 42.7 Å². The van der Waals surface area contributed by atoms with E-state index in [0.29, 0.717) is 18.9 Å². The Morgan fingerprint density at radius 1 is 1.07 bits per heavy atom. The van der Waals surface area contributed by atoms with Crippen LogP contribution < -0.4 is 4.74 Å². The van der Waals surface area contributed by atoms with E-state index < -0.39 is 6.17 Å². The van der Waals surface area contributed by atoms with Crippen LogP contribution in [-0.2, 0) is 0 Å². The molecule has 0 fully saturated rings. The van der Waals surface area contributed by atoms with E-state index in [4.69, 9.17) is 4.74 Å². The highest BCUT2D eigenvalue weighted by Gasteiger charge is 2.03. The van der Waals surface area contributed by atoms with E-state index in [9.17, 15) is 4.39 Å². The summed E-state index contributed by atoms with van der Waals surface area (Å²) in [6, 6.07) is 12.3. The van der Waals surface area contributed by atoms with Gasteiger partial charge in [-0.25, -0.2) is 14.4 Å². The van der Waals surface area contributed by atoms with Crippen LogP contribution in [0.4, 0.5) is 4.39 Å². The van der Waals surface area contributed by atoms with Gasteiger partial charge in [-0.15, -0.1) is 0 Å². The largest absolute Gasteiger partial charge is 0.490 e. The second-order valence-electron chi connectivity index (χ2n) is 6.77. The van der Waals surface area contributed by atoms with Gasteiger partial charge in [0, 0.05) is 18.0 Å². The average molecular weight is 376 g/mol. The molecule has 3 rings (SSSR count). The average Bonchev–Trinajstić information content (AvgIpc) is 2.71. The molecule has 1 atom stereocenters. The highest BCUT2D eigenvalue weighted by Crippen LogP contribution is 2.26. The topological polar surface area (TPSA) is 35.0 Å². The molecule has 0 radical (unpaired) electrons. The fourth-order valence-electron chi connectivity index (χ4n) is 2.93. The molecule has 2 aromatic carbocycles. The SMILES string of the molecule is C=CCOc1ccc2cc(-c3cnc(/C=C/CCCC(C)F)nc3)ccc2c1. The van der Waals surface area contributed by atoms with Crippen LogP contribution in [0.25, 0.3) is 28.0 Å².